The van der Waals surface area contributed by atoms with Crippen LogP contribution in [-0.2, 0) is 4.79 Å². The van der Waals surface area contributed by atoms with Crippen LogP contribution in [0, 0.1) is 5.92 Å². The maximum absolute atomic E-state index is 9.99. The molecule has 1 fully saturated rings. The molecular formula is C8H14ClNO2. The molecule has 0 saturated heterocycles. The number of nitrogens with one attached hydrogen (secondary N) is 1. The summed E-state index contributed by atoms with van der Waals surface area (Å²) in [5, 5.41) is 11.4. The number of carbonyl (C=O) groups is 1. The molecule has 4 heteroatoms. The molecule has 0 aromatic heterocycles. The first kappa shape index (κ1) is 11.5. The van der Waals surface area contributed by atoms with Crippen molar-refractivity contribution in [2.75, 3.05) is 13.1 Å². The first-order valence-electron chi connectivity index (χ1n) is 3.89. The van der Waals surface area contributed by atoms with Gasteiger partial charge in [0.15, 0.2) is 0 Å². The highest BCUT2D eigenvalue weighted by Gasteiger charge is 2.19. The summed E-state index contributed by atoms with van der Waals surface area (Å²) in [5.74, 6) is -0.0218. The number of aliphatic carboxylic acids is 1. The van der Waals surface area contributed by atoms with Crippen molar-refractivity contribution in [3.8, 4) is 0 Å². The monoisotopic (exact) mass is 191 g/mol. The van der Waals surface area contributed by atoms with Crippen LogP contribution in [0.25, 0.3) is 0 Å². The van der Waals surface area contributed by atoms with Crippen LogP contribution in [0.15, 0.2) is 12.2 Å². The Labute approximate surface area is 78.3 Å². The average Bonchev–Trinajstić information content (AvgIpc) is 2.70. The second-order valence-electron chi connectivity index (χ2n) is 2.84. The largest absolute Gasteiger partial charge is 0.478 e. The van der Waals surface area contributed by atoms with Gasteiger partial charge in [-0.3, -0.25) is 0 Å². The van der Waals surface area contributed by atoms with E-state index in [1.165, 1.54) is 18.9 Å². The highest BCUT2D eigenvalue weighted by atomic mass is 35.5. The van der Waals surface area contributed by atoms with Gasteiger partial charge in [-0.25, -0.2) is 4.79 Å². The van der Waals surface area contributed by atoms with E-state index in [0.717, 1.165) is 12.5 Å². The fraction of sp³-hybridized carbons (Fsp3) is 0.625. The Balaban J connectivity index is 0.00000121. The van der Waals surface area contributed by atoms with E-state index in [2.05, 4.69) is 5.32 Å². The fourth-order valence-corrected chi connectivity index (χ4v) is 0.853. The minimum atomic E-state index is -0.877. The Morgan fingerprint density at radius 2 is 2.25 bits per heavy atom. The van der Waals surface area contributed by atoms with Crippen LogP contribution in [0.1, 0.15) is 12.8 Å². The average molecular weight is 192 g/mol. The zero-order chi connectivity index (χ0) is 8.10. The second kappa shape index (κ2) is 6.03. The molecule has 0 bridgehead atoms. The predicted molar refractivity (Wildman–Crippen MR) is 49.6 cm³/mol. The van der Waals surface area contributed by atoms with Gasteiger partial charge >= 0.3 is 5.97 Å². The van der Waals surface area contributed by atoms with E-state index in [1.54, 1.807) is 6.08 Å². The molecule has 0 atom stereocenters. The topological polar surface area (TPSA) is 49.3 Å². The van der Waals surface area contributed by atoms with Crippen LogP contribution in [0.2, 0.25) is 0 Å². The molecule has 1 rings (SSSR count). The SMILES string of the molecule is Cl.O=C(O)/C=C/CNCC1CC1. The van der Waals surface area contributed by atoms with E-state index >= 15 is 0 Å². The molecule has 1 aliphatic carbocycles. The Hall–Kier alpha value is -0.540. The second-order valence-corrected chi connectivity index (χ2v) is 2.84. The molecule has 0 radical (unpaired) electrons. The Morgan fingerprint density at radius 3 is 2.75 bits per heavy atom. The number of carboxylic acid groups (broad SMARTS) is 1. The first-order valence-corrected chi connectivity index (χ1v) is 3.89. The molecule has 1 saturated carbocycles. The van der Waals surface area contributed by atoms with Crippen molar-refractivity contribution in [2.45, 2.75) is 12.8 Å². The fourth-order valence-electron chi connectivity index (χ4n) is 0.853. The first-order chi connectivity index (χ1) is 5.29. The van der Waals surface area contributed by atoms with Gasteiger partial charge in [-0.15, -0.1) is 12.4 Å². The number of halogens is 1. The van der Waals surface area contributed by atoms with Gasteiger partial charge in [-0.05, 0) is 25.3 Å². The summed E-state index contributed by atoms with van der Waals surface area (Å²) in [4.78, 5) is 9.99. The van der Waals surface area contributed by atoms with Gasteiger partial charge in [-0.1, -0.05) is 6.08 Å². The molecule has 1 aliphatic rings. The molecule has 0 spiro atoms. The third-order valence-corrected chi connectivity index (χ3v) is 1.65. The van der Waals surface area contributed by atoms with Crippen LogP contribution < -0.4 is 5.32 Å². The molecule has 0 aromatic rings. The lowest BCUT2D eigenvalue weighted by Gasteiger charge is -1.96. The predicted octanol–water partition coefficient (Wildman–Crippen LogP) is 1.05. The van der Waals surface area contributed by atoms with Crippen LogP contribution in [-0.4, -0.2) is 24.2 Å². The number of carboxylic acids is 1. The van der Waals surface area contributed by atoms with Gasteiger partial charge in [-0.2, -0.15) is 0 Å². The van der Waals surface area contributed by atoms with Crippen molar-refractivity contribution >= 4 is 18.4 Å². The lowest BCUT2D eigenvalue weighted by atomic mass is 10.4. The van der Waals surface area contributed by atoms with Crippen LogP contribution in [0.3, 0.4) is 0 Å². The highest BCUT2D eigenvalue weighted by Crippen LogP contribution is 2.27. The minimum Gasteiger partial charge on any atom is -0.478 e. The summed E-state index contributed by atoms with van der Waals surface area (Å²) in [7, 11) is 0. The van der Waals surface area contributed by atoms with Crippen LogP contribution in [0.4, 0.5) is 0 Å². The quantitative estimate of drug-likeness (QED) is 0.505. The smallest absolute Gasteiger partial charge is 0.328 e. The van der Waals surface area contributed by atoms with E-state index in [-0.39, 0.29) is 12.4 Å². The summed E-state index contributed by atoms with van der Waals surface area (Å²) >= 11 is 0. The van der Waals surface area contributed by atoms with Crippen molar-refractivity contribution in [1.29, 1.82) is 0 Å². The van der Waals surface area contributed by atoms with Gasteiger partial charge < -0.3 is 10.4 Å². The number of hydrogen-bond donors (Lipinski definition) is 2. The molecular weight excluding hydrogens is 178 g/mol. The van der Waals surface area contributed by atoms with E-state index in [1.807, 2.05) is 0 Å². The zero-order valence-electron chi connectivity index (χ0n) is 6.82. The number of rotatable bonds is 5. The molecule has 2 N–H and O–H groups in total. The maximum Gasteiger partial charge on any atom is 0.328 e. The molecule has 0 aliphatic heterocycles. The summed E-state index contributed by atoms with van der Waals surface area (Å²) in [6.45, 7) is 1.70. The van der Waals surface area contributed by atoms with Crippen LogP contribution >= 0.6 is 12.4 Å². The van der Waals surface area contributed by atoms with E-state index < -0.39 is 5.97 Å². The lowest BCUT2D eigenvalue weighted by Crippen LogP contribution is -2.16. The third kappa shape index (κ3) is 6.19. The van der Waals surface area contributed by atoms with Crippen molar-refractivity contribution in [3.05, 3.63) is 12.2 Å². The third-order valence-electron chi connectivity index (χ3n) is 1.65. The van der Waals surface area contributed by atoms with Crippen molar-refractivity contribution in [2.24, 2.45) is 5.92 Å². The molecule has 70 valence electrons. The van der Waals surface area contributed by atoms with Crippen molar-refractivity contribution in [3.63, 3.8) is 0 Å². The highest BCUT2D eigenvalue weighted by molar-refractivity contribution is 5.85. The molecule has 0 heterocycles. The minimum absolute atomic E-state index is 0. The summed E-state index contributed by atoms with van der Waals surface area (Å²) in [6, 6.07) is 0. The van der Waals surface area contributed by atoms with E-state index in [9.17, 15) is 4.79 Å². The molecule has 3 nitrogen and oxygen atoms in total. The Kier molecular flexibility index (Phi) is 5.76. The summed E-state index contributed by atoms with van der Waals surface area (Å²) in [6.07, 6.45) is 5.45. The standard InChI is InChI=1S/C8H13NO2.ClH/c10-8(11)2-1-5-9-6-7-3-4-7;/h1-2,7,9H,3-6H2,(H,10,11);1H/b2-1+;. The van der Waals surface area contributed by atoms with Gasteiger partial charge in [0.25, 0.3) is 0 Å². The number of hydrogen-bond acceptors (Lipinski definition) is 2. The van der Waals surface area contributed by atoms with E-state index in [4.69, 9.17) is 5.11 Å². The maximum atomic E-state index is 9.99. The van der Waals surface area contributed by atoms with Crippen LogP contribution in [0.5, 0.6) is 0 Å². The van der Waals surface area contributed by atoms with Crippen molar-refractivity contribution < 1.29 is 9.90 Å². The van der Waals surface area contributed by atoms with Gasteiger partial charge in [0.1, 0.15) is 0 Å². The lowest BCUT2D eigenvalue weighted by molar-refractivity contribution is -0.131. The molecule has 0 aromatic carbocycles. The Bertz CT molecular complexity index is 166. The zero-order valence-corrected chi connectivity index (χ0v) is 7.64. The Morgan fingerprint density at radius 1 is 1.58 bits per heavy atom. The summed E-state index contributed by atoms with van der Waals surface area (Å²) in [5.41, 5.74) is 0. The van der Waals surface area contributed by atoms with E-state index in [0.29, 0.717) is 6.54 Å². The normalized spacial score (nSPS) is 16.0. The van der Waals surface area contributed by atoms with Gasteiger partial charge in [0.2, 0.25) is 0 Å². The molecule has 0 unspecified atom stereocenters. The van der Waals surface area contributed by atoms with Gasteiger partial charge in [0.05, 0.1) is 0 Å². The van der Waals surface area contributed by atoms with Gasteiger partial charge in [0, 0.05) is 12.6 Å². The van der Waals surface area contributed by atoms with Crippen molar-refractivity contribution in [1.82, 2.24) is 5.32 Å². The molecule has 0 amide bonds. The summed E-state index contributed by atoms with van der Waals surface area (Å²) < 4.78 is 0. The molecule has 12 heavy (non-hydrogen) atoms.